The van der Waals surface area contributed by atoms with Crippen LogP contribution in [0.3, 0.4) is 0 Å². The van der Waals surface area contributed by atoms with Gasteiger partial charge in [0.05, 0.1) is 12.7 Å². The highest BCUT2D eigenvalue weighted by molar-refractivity contribution is 5.27. The summed E-state index contributed by atoms with van der Waals surface area (Å²) in [5.74, 6) is 1.04. The number of fused-ring (bicyclic) bond motifs is 3. The van der Waals surface area contributed by atoms with Crippen LogP contribution in [-0.2, 0) is 0 Å². The molecule has 0 saturated heterocycles. The number of aliphatic hydroxyl groups excluding tert-OH is 2. The summed E-state index contributed by atoms with van der Waals surface area (Å²) in [6.45, 7) is 10.9. The molecule has 0 radical (unpaired) electrons. The Morgan fingerprint density at radius 1 is 1.23 bits per heavy atom. The van der Waals surface area contributed by atoms with Crippen molar-refractivity contribution in [2.24, 2.45) is 28.1 Å². The minimum Gasteiger partial charge on any atom is -0.396 e. The van der Waals surface area contributed by atoms with Gasteiger partial charge in [-0.3, -0.25) is 0 Å². The van der Waals surface area contributed by atoms with Gasteiger partial charge in [-0.15, -0.1) is 6.58 Å². The second-order valence-electron chi connectivity index (χ2n) is 8.84. The summed E-state index contributed by atoms with van der Waals surface area (Å²) in [7, 11) is 0. The van der Waals surface area contributed by atoms with Gasteiger partial charge < -0.3 is 10.2 Å². The maximum absolute atomic E-state index is 10.5. The first-order chi connectivity index (χ1) is 10.3. The minimum absolute atomic E-state index is 0.102. The molecular weight excluding hydrogens is 272 g/mol. The molecule has 2 saturated carbocycles. The van der Waals surface area contributed by atoms with E-state index in [1.54, 1.807) is 5.57 Å². The SMILES string of the molecule is C=C[C@@]1(C)C=C2CC[C@@H]3[C@](C)(CO)[C@H](O)CC[C@@]3(C)[C@@H]2CC1. The molecule has 124 valence electrons. The zero-order chi connectivity index (χ0) is 16.2. The molecular formula is C20H32O2. The molecule has 0 bridgehead atoms. The van der Waals surface area contributed by atoms with E-state index in [4.69, 9.17) is 0 Å². The van der Waals surface area contributed by atoms with E-state index in [1.807, 2.05) is 0 Å². The third-order valence-electron chi connectivity index (χ3n) is 7.57. The topological polar surface area (TPSA) is 40.5 Å². The first-order valence-electron chi connectivity index (χ1n) is 8.93. The van der Waals surface area contributed by atoms with E-state index in [-0.39, 0.29) is 29.0 Å². The van der Waals surface area contributed by atoms with Crippen molar-refractivity contribution >= 4 is 0 Å². The Labute approximate surface area is 135 Å². The highest BCUT2D eigenvalue weighted by atomic mass is 16.3. The third-order valence-corrected chi connectivity index (χ3v) is 7.57. The molecule has 2 heteroatoms. The van der Waals surface area contributed by atoms with Crippen LogP contribution in [0.4, 0.5) is 0 Å². The third kappa shape index (κ3) is 2.14. The predicted octanol–water partition coefficient (Wildman–Crippen LogP) is 4.08. The van der Waals surface area contributed by atoms with Gasteiger partial charge in [0.25, 0.3) is 0 Å². The second-order valence-corrected chi connectivity index (χ2v) is 8.84. The number of rotatable bonds is 2. The van der Waals surface area contributed by atoms with Gasteiger partial charge in [0, 0.05) is 10.8 Å². The van der Waals surface area contributed by atoms with Crippen LogP contribution in [-0.4, -0.2) is 22.9 Å². The second kappa shape index (κ2) is 5.21. The molecule has 22 heavy (non-hydrogen) atoms. The molecule has 3 aliphatic carbocycles. The van der Waals surface area contributed by atoms with E-state index in [0.717, 1.165) is 25.7 Å². The molecule has 0 amide bonds. The fourth-order valence-electron chi connectivity index (χ4n) is 5.94. The van der Waals surface area contributed by atoms with Gasteiger partial charge in [0.1, 0.15) is 0 Å². The monoisotopic (exact) mass is 304 g/mol. The Balaban J connectivity index is 1.98. The molecule has 0 aromatic rings. The van der Waals surface area contributed by atoms with Gasteiger partial charge in [-0.1, -0.05) is 38.5 Å². The minimum atomic E-state index is -0.358. The highest BCUT2D eigenvalue weighted by Crippen LogP contribution is 2.63. The zero-order valence-electron chi connectivity index (χ0n) is 14.4. The number of hydrogen-bond donors (Lipinski definition) is 2. The van der Waals surface area contributed by atoms with Gasteiger partial charge in [0.15, 0.2) is 0 Å². The van der Waals surface area contributed by atoms with Crippen molar-refractivity contribution < 1.29 is 10.2 Å². The lowest BCUT2D eigenvalue weighted by atomic mass is 9.44. The van der Waals surface area contributed by atoms with Crippen LogP contribution in [0.2, 0.25) is 0 Å². The van der Waals surface area contributed by atoms with Gasteiger partial charge in [-0.2, -0.15) is 0 Å². The van der Waals surface area contributed by atoms with Crippen LogP contribution in [0, 0.1) is 28.1 Å². The quantitative estimate of drug-likeness (QED) is 0.755. The average Bonchev–Trinajstić information content (AvgIpc) is 2.51. The molecule has 0 heterocycles. The van der Waals surface area contributed by atoms with Crippen LogP contribution in [0.5, 0.6) is 0 Å². The van der Waals surface area contributed by atoms with Gasteiger partial charge in [-0.05, 0) is 55.8 Å². The number of allylic oxidation sites excluding steroid dienone is 3. The molecule has 2 N–H and O–H groups in total. The molecule has 2 fully saturated rings. The van der Waals surface area contributed by atoms with Crippen molar-refractivity contribution in [3.8, 4) is 0 Å². The Morgan fingerprint density at radius 3 is 2.59 bits per heavy atom. The lowest BCUT2D eigenvalue weighted by Crippen LogP contribution is -2.58. The summed E-state index contributed by atoms with van der Waals surface area (Å²) >= 11 is 0. The van der Waals surface area contributed by atoms with Gasteiger partial charge >= 0.3 is 0 Å². The lowest BCUT2D eigenvalue weighted by Gasteiger charge is -2.61. The van der Waals surface area contributed by atoms with Crippen molar-refractivity contribution in [1.29, 1.82) is 0 Å². The van der Waals surface area contributed by atoms with Crippen molar-refractivity contribution in [3.05, 3.63) is 24.3 Å². The Bertz CT molecular complexity index is 496. The Morgan fingerprint density at radius 2 is 1.95 bits per heavy atom. The number of hydrogen-bond acceptors (Lipinski definition) is 2. The highest BCUT2D eigenvalue weighted by Gasteiger charge is 2.58. The molecule has 3 rings (SSSR count). The maximum atomic E-state index is 10.5. The van der Waals surface area contributed by atoms with Crippen LogP contribution >= 0.6 is 0 Å². The van der Waals surface area contributed by atoms with Crippen molar-refractivity contribution in [2.45, 2.75) is 65.4 Å². The Kier molecular flexibility index (Phi) is 3.85. The summed E-state index contributed by atoms with van der Waals surface area (Å²) in [5.41, 5.74) is 1.66. The molecule has 0 aromatic carbocycles. The molecule has 0 spiro atoms. The molecule has 0 aromatic heterocycles. The van der Waals surface area contributed by atoms with Gasteiger partial charge in [0.2, 0.25) is 0 Å². The summed E-state index contributed by atoms with van der Waals surface area (Å²) in [4.78, 5) is 0. The maximum Gasteiger partial charge on any atom is 0.0618 e. The van der Waals surface area contributed by atoms with Gasteiger partial charge in [-0.25, -0.2) is 0 Å². The smallest absolute Gasteiger partial charge is 0.0618 e. The fourth-order valence-corrected chi connectivity index (χ4v) is 5.94. The van der Waals surface area contributed by atoms with E-state index >= 15 is 0 Å². The largest absolute Gasteiger partial charge is 0.396 e. The summed E-state index contributed by atoms with van der Waals surface area (Å²) in [6.07, 6.45) is 10.8. The Hall–Kier alpha value is -0.600. The molecule has 0 aliphatic heterocycles. The van der Waals surface area contributed by atoms with E-state index in [9.17, 15) is 10.2 Å². The standard InChI is InChI=1S/C20H32O2/c1-5-18(2)10-8-15-14(12-18)6-7-16-19(15,3)11-9-17(22)20(16,4)13-21/h5,12,15-17,21-22H,1,6-11,13H2,2-4H3/t15-,16+,17-,18-,19+,20+/m1/s1. The van der Waals surface area contributed by atoms with Crippen molar-refractivity contribution in [3.63, 3.8) is 0 Å². The van der Waals surface area contributed by atoms with Crippen LogP contribution < -0.4 is 0 Å². The molecule has 3 aliphatic rings. The molecule has 0 unspecified atom stereocenters. The normalized spacial score (nSPS) is 51.5. The zero-order valence-corrected chi connectivity index (χ0v) is 14.4. The van der Waals surface area contributed by atoms with E-state index in [1.165, 1.54) is 12.8 Å². The fraction of sp³-hybridized carbons (Fsp3) is 0.800. The molecule has 2 nitrogen and oxygen atoms in total. The van der Waals surface area contributed by atoms with Crippen molar-refractivity contribution in [2.75, 3.05) is 6.61 Å². The first-order valence-corrected chi connectivity index (χ1v) is 8.93. The first kappa shape index (κ1) is 16.3. The molecule has 6 atom stereocenters. The van der Waals surface area contributed by atoms with Crippen LogP contribution in [0.1, 0.15) is 59.3 Å². The van der Waals surface area contributed by atoms with Crippen molar-refractivity contribution in [1.82, 2.24) is 0 Å². The predicted molar refractivity (Wildman–Crippen MR) is 90.4 cm³/mol. The number of aliphatic hydroxyl groups is 2. The lowest BCUT2D eigenvalue weighted by molar-refractivity contribution is -0.153. The summed E-state index contributed by atoms with van der Waals surface area (Å²) in [6, 6.07) is 0. The average molecular weight is 304 g/mol. The summed E-state index contributed by atoms with van der Waals surface area (Å²) < 4.78 is 0. The summed E-state index contributed by atoms with van der Waals surface area (Å²) in [5, 5.41) is 20.5. The van der Waals surface area contributed by atoms with E-state index in [0.29, 0.717) is 11.8 Å². The van der Waals surface area contributed by atoms with E-state index in [2.05, 4.69) is 39.5 Å². The van der Waals surface area contributed by atoms with Crippen LogP contribution in [0.25, 0.3) is 0 Å². The van der Waals surface area contributed by atoms with Crippen LogP contribution in [0.15, 0.2) is 24.3 Å². The van der Waals surface area contributed by atoms with E-state index < -0.39 is 0 Å².